The van der Waals surface area contributed by atoms with E-state index in [2.05, 4.69) is 45.9 Å². The summed E-state index contributed by atoms with van der Waals surface area (Å²) in [7, 11) is 0. The van der Waals surface area contributed by atoms with Crippen molar-refractivity contribution >= 4 is 0 Å². The maximum atomic E-state index is 6.70. The standard InChI is InChI=1S/C18H29N/c1-5-7-17(8-6-2)12-18(19,13-17)16-10-14(3)9-15(4)11-16/h9-11H,5-8,12-13,19H2,1-4H3. The zero-order chi connectivity index (χ0) is 14.1. The van der Waals surface area contributed by atoms with Crippen LogP contribution in [0.1, 0.15) is 69.1 Å². The molecule has 1 nitrogen and oxygen atoms in total. The van der Waals surface area contributed by atoms with Crippen LogP contribution >= 0.6 is 0 Å². The van der Waals surface area contributed by atoms with E-state index < -0.39 is 0 Å². The second-order valence-electron chi connectivity index (χ2n) is 6.89. The van der Waals surface area contributed by atoms with Crippen molar-refractivity contribution in [3.63, 3.8) is 0 Å². The van der Waals surface area contributed by atoms with Crippen LogP contribution in [0.5, 0.6) is 0 Å². The Balaban J connectivity index is 2.18. The molecule has 19 heavy (non-hydrogen) atoms. The van der Waals surface area contributed by atoms with Crippen LogP contribution < -0.4 is 5.73 Å². The first-order chi connectivity index (χ1) is 8.93. The Labute approximate surface area is 118 Å². The molecule has 1 aromatic carbocycles. The summed E-state index contributed by atoms with van der Waals surface area (Å²) in [6.45, 7) is 8.93. The molecule has 2 N–H and O–H groups in total. The van der Waals surface area contributed by atoms with Crippen LogP contribution in [0, 0.1) is 19.3 Å². The second kappa shape index (κ2) is 5.28. The predicted octanol–water partition coefficient (Wildman–Crippen LogP) is 4.84. The first kappa shape index (κ1) is 14.6. The molecule has 106 valence electrons. The highest BCUT2D eigenvalue weighted by Crippen LogP contribution is 2.57. The van der Waals surface area contributed by atoms with Gasteiger partial charge >= 0.3 is 0 Å². The molecule has 1 aliphatic carbocycles. The molecule has 1 aliphatic rings. The number of hydrogen-bond donors (Lipinski definition) is 1. The van der Waals surface area contributed by atoms with Crippen LogP contribution in [0.4, 0.5) is 0 Å². The average Bonchev–Trinajstić information content (AvgIpc) is 2.26. The van der Waals surface area contributed by atoms with Gasteiger partial charge in [0.1, 0.15) is 0 Å². The van der Waals surface area contributed by atoms with Crippen molar-refractivity contribution in [1.29, 1.82) is 0 Å². The summed E-state index contributed by atoms with van der Waals surface area (Å²) in [5.74, 6) is 0. The number of benzene rings is 1. The fourth-order valence-electron chi connectivity index (χ4n) is 4.29. The molecule has 1 fully saturated rings. The summed E-state index contributed by atoms with van der Waals surface area (Å²) in [5.41, 5.74) is 11.2. The Morgan fingerprint density at radius 3 is 1.84 bits per heavy atom. The van der Waals surface area contributed by atoms with Crippen molar-refractivity contribution in [1.82, 2.24) is 0 Å². The molecule has 0 saturated heterocycles. The lowest BCUT2D eigenvalue weighted by Crippen LogP contribution is -2.55. The van der Waals surface area contributed by atoms with E-state index in [1.807, 2.05) is 0 Å². The van der Waals surface area contributed by atoms with Crippen LogP contribution in [0.15, 0.2) is 18.2 Å². The summed E-state index contributed by atoms with van der Waals surface area (Å²) in [4.78, 5) is 0. The second-order valence-corrected chi connectivity index (χ2v) is 6.89. The largest absolute Gasteiger partial charge is 0.321 e. The minimum absolute atomic E-state index is 0.0683. The molecule has 2 rings (SSSR count). The molecule has 0 atom stereocenters. The van der Waals surface area contributed by atoms with E-state index in [-0.39, 0.29) is 5.54 Å². The molecule has 0 spiro atoms. The van der Waals surface area contributed by atoms with Crippen LogP contribution in [-0.2, 0) is 5.54 Å². The zero-order valence-corrected chi connectivity index (χ0v) is 13.1. The van der Waals surface area contributed by atoms with E-state index in [1.165, 1.54) is 55.2 Å². The molecule has 0 heterocycles. The van der Waals surface area contributed by atoms with Gasteiger partial charge in [0.05, 0.1) is 0 Å². The van der Waals surface area contributed by atoms with Crippen molar-refractivity contribution in [2.75, 3.05) is 0 Å². The van der Waals surface area contributed by atoms with E-state index in [0.717, 1.165) is 0 Å². The summed E-state index contributed by atoms with van der Waals surface area (Å²) in [5, 5.41) is 0. The topological polar surface area (TPSA) is 26.0 Å². The van der Waals surface area contributed by atoms with E-state index in [0.29, 0.717) is 5.41 Å². The maximum absolute atomic E-state index is 6.70. The van der Waals surface area contributed by atoms with Crippen molar-refractivity contribution in [2.24, 2.45) is 11.1 Å². The van der Waals surface area contributed by atoms with Gasteiger partial charge in [-0.3, -0.25) is 0 Å². The van der Waals surface area contributed by atoms with E-state index >= 15 is 0 Å². The summed E-state index contributed by atoms with van der Waals surface area (Å²) in [6.07, 6.45) is 7.58. The Kier molecular flexibility index (Phi) is 4.06. The first-order valence-electron chi connectivity index (χ1n) is 7.81. The quantitative estimate of drug-likeness (QED) is 0.804. The van der Waals surface area contributed by atoms with Gasteiger partial charge in [0.15, 0.2) is 0 Å². The third kappa shape index (κ3) is 2.86. The lowest BCUT2D eigenvalue weighted by atomic mass is 9.52. The first-order valence-corrected chi connectivity index (χ1v) is 7.81. The molecular formula is C18H29N. The van der Waals surface area contributed by atoms with E-state index in [1.54, 1.807) is 0 Å². The lowest BCUT2D eigenvalue weighted by molar-refractivity contribution is 0.00617. The van der Waals surface area contributed by atoms with Crippen molar-refractivity contribution in [2.45, 2.75) is 71.8 Å². The predicted molar refractivity (Wildman–Crippen MR) is 83.3 cm³/mol. The number of hydrogen-bond acceptors (Lipinski definition) is 1. The monoisotopic (exact) mass is 259 g/mol. The summed E-state index contributed by atoms with van der Waals surface area (Å²) in [6, 6.07) is 6.81. The Morgan fingerprint density at radius 2 is 1.42 bits per heavy atom. The normalized spacial score (nSPS) is 20.1. The molecule has 0 unspecified atom stereocenters. The fourth-order valence-corrected chi connectivity index (χ4v) is 4.29. The van der Waals surface area contributed by atoms with Gasteiger partial charge in [0, 0.05) is 5.54 Å². The maximum Gasteiger partial charge on any atom is 0.0420 e. The minimum atomic E-state index is -0.0683. The van der Waals surface area contributed by atoms with Gasteiger partial charge in [-0.15, -0.1) is 0 Å². The van der Waals surface area contributed by atoms with Crippen LogP contribution in [0.2, 0.25) is 0 Å². The average molecular weight is 259 g/mol. The molecule has 0 aromatic heterocycles. The van der Waals surface area contributed by atoms with Crippen LogP contribution in [0.25, 0.3) is 0 Å². The molecule has 0 radical (unpaired) electrons. The zero-order valence-electron chi connectivity index (χ0n) is 13.1. The van der Waals surface area contributed by atoms with Crippen molar-refractivity contribution in [3.05, 3.63) is 34.9 Å². The third-order valence-corrected chi connectivity index (χ3v) is 4.74. The Bertz CT molecular complexity index is 413. The lowest BCUT2D eigenvalue weighted by Gasteiger charge is -2.55. The van der Waals surface area contributed by atoms with Crippen molar-refractivity contribution in [3.8, 4) is 0 Å². The Hall–Kier alpha value is -0.820. The molecular weight excluding hydrogens is 230 g/mol. The molecule has 1 heteroatoms. The molecule has 0 amide bonds. The SMILES string of the molecule is CCCC1(CCC)CC(N)(c2cc(C)cc(C)c2)C1. The van der Waals surface area contributed by atoms with Crippen LogP contribution in [0.3, 0.4) is 0 Å². The van der Waals surface area contributed by atoms with Gasteiger partial charge in [-0.2, -0.15) is 0 Å². The molecule has 1 aromatic rings. The number of nitrogens with two attached hydrogens (primary N) is 1. The van der Waals surface area contributed by atoms with Gasteiger partial charge in [0.2, 0.25) is 0 Å². The summed E-state index contributed by atoms with van der Waals surface area (Å²) >= 11 is 0. The van der Waals surface area contributed by atoms with Gasteiger partial charge in [-0.05, 0) is 50.5 Å². The van der Waals surface area contributed by atoms with Gasteiger partial charge in [-0.25, -0.2) is 0 Å². The summed E-state index contributed by atoms with van der Waals surface area (Å²) < 4.78 is 0. The number of rotatable bonds is 5. The van der Waals surface area contributed by atoms with Gasteiger partial charge in [0.25, 0.3) is 0 Å². The number of aryl methyl sites for hydroxylation is 2. The highest BCUT2D eigenvalue weighted by molar-refractivity contribution is 5.36. The van der Waals surface area contributed by atoms with Gasteiger partial charge < -0.3 is 5.73 Å². The smallest absolute Gasteiger partial charge is 0.0420 e. The highest BCUT2D eigenvalue weighted by Gasteiger charge is 2.51. The highest BCUT2D eigenvalue weighted by atomic mass is 14.8. The fraction of sp³-hybridized carbons (Fsp3) is 0.667. The van der Waals surface area contributed by atoms with Crippen LogP contribution in [-0.4, -0.2) is 0 Å². The molecule has 0 bridgehead atoms. The van der Waals surface area contributed by atoms with Crippen molar-refractivity contribution < 1.29 is 0 Å². The Morgan fingerprint density at radius 1 is 0.947 bits per heavy atom. The van der Waals surface area contributed by atoms with E-state index in [4.69, 9.17) is 5.73 Å². The molecule has 1 saturated carbocycles. The van der Waals surface area contributed by atoms with E-state index in [9.17, 15) is 0 Å². The third-order valence-electron chi connectivity index (χ3n) is 4.74. The molecule has 0 aliphatic heterocycles. The minimum Gasteiger partial charge on any atom is -0.321 e. The van der Waals surface area contributed by atoms with Gasteiger partial charge in [-0.1, -0.05) is 56.0 Å².